The first-order chi connectivity index (χ1) is 14.6. The minimum Gasteiger partial charge on any atom is -0.497 e. The Bertz CT molecular complexity index is 946. The Labute approximate surface area is 185 Å². The Hall–Kier alpha value is -2.57. The van der Waals surface area contributed by atoms with E-state index in [0.29, 0.717) is 24.7 Å². The predicted molar refractivity (Wildman–Crippen MR) is 120 cm³/mol. The summed E-state index contributed by atoms with van der Waals surface area (Å²) in [6.07, 6.45) is 0.928. The molecule has 0 aromatic heterocycles. The Morgan fingerprint density at radius 2 is 1.57 bits per heavy atom. The lowest BCUT2D eigenvalue weighted by atomic mass is 10.1. The first-order valence-electron chi connectivity index (χ1n) is 9.66. The molecule has 6 heteroatoms. The molecule has 0 atom stereocenters. The largest absolute Gasteiger partial charge is 0.497 e. The third-order valence-corrected chi connectivity index (χ3v) is 5.44. The highest BCUT2D eigenvalue weighted by molar-refractivity contribution is 9.10. The third kappa shape index (κ3) is 6.21. The van der Waals surface area contributed by atoms with Crippen LogP contribution in [0.2, 0.25) is 0 Å². The second-order valence-corrected chi connectivity index (χ2v) is 7.64. The monoisotopic (exact) mass is 473 g/mol. The highest BCUT2D eigenvalue weighted by Gasteiger charge is 2.11. The fourth-order valence-corrected chi connectivity index (χ4v) is 3.44. The fourth-order valence-electron chi connectivity index (χ4n) is 2.97. The molecule has 0 saturated heterocycles. The molecule has 3 aromatic carbocycles. The van der Waals surface area contributed by atoms with Crippen LogP contribution in [0.5, 0.6) is 17.2 Å². The van der Waals surface area contributed by atoms with Gasteiger partial charge >= 0.3 is 0 Å². The second kappa shape index (κ2) is 11.0. The Morgan fingerprint density at radius 1 is 0.867 bits per heavy atom. The van der Waals surface area contributed by atoms with Gasteiger partial charge in [0.25, 0.3) is 0 Å². The summed E-state index contributed by atoms with van der Waals surface area (Å²) in [5.74, 6) is 1.90. The van der Waals surface area contributed by atoms with E-state index in [-0.39, 0.29) is 5.82 Å². The molecule has 0 aliphatic carbocycles. The van der Waals surface area contributed by atoms with Gasteiger partial charge in [-0.15, -0.1) is 0 Å². The summed E-state index contributed by atoms with van der Waals surface area (Å²) in [6, 6.07) is 18.2. The number of halogens is 2. The van der Waals surface area contributed by atoms with E-state index in [0.717, 1.165) is 34.3 Å². The molecule has 0 heterocycles. The van der Waals surface area contributed by atoms with Gasteiger partial charge in [0.2, 0.25) is 0 Å². The molecule has 0 radical (unpaired) electrons. The molecule has 0 spiro atoms. The van der Waals surface area contributed by atoms with Crippen LogP contribution in [0.15, 0.2) is 65.1 Å². The first kappa shape index (κ1) is 22.1. The smallest absolute Gasteiger partial charge is 0.162 e. The van der Waals surface area contributed by atoms with Crippen LogP contribution < -0.4 is 19.5 Å². The Kier molecular flexibility index (Phi) is 8.11. The number of nitrogens with one attached hydrogen (secondary N) is 1. The summed E-state index contributed by atoms with van der Waals surface area (Å²) in [4.78, 5) is 0. The topological polar surface area (TPSA) is 39.7 Å². The molecule has 3 rings (SSSR count). The lowest BCUT2D eigenvalue weighted by Gasteiger charge is -2.15. The molecule has 0 aliphatic rings. The number of hydrogen-bond acceptors (Lipinski definition) is 4. The van der Waals surface area contributed by atoms with Gasteiger partial charge in [0.15, 0.2) is 11.5 Å². The van der Waals surface area contributed by atoms with Crippen molar-refractivity contribution in [2.24, 2.45) is 0 Å². The standard InChI is InChI=1S/C24H25BrFNO3/c1-28-21-9-5-17(6-10-21)11-12-27-15-19-13-23(29-2)24(14-22(19)25)30-16-18-3-7-20(26)8-4-18/h3-10,13-14,27H,11-12,15-16H2,1-2H3. The van der Waals surface area contributed by atoms with Crippen molar-refractivity contribution < 1.29 is 18.6 Å². The molecule has 0 fully saturated rings. The zero-order valence-electron chi connectivity index (χ0n) is 17.1. The molecular formula is C24H25BrFNO3. The van der Waals surface area contributed by atoms with Crippen LogP contribution in [-0.4, -0.2) is 20.8 Å². The van der Waals surface area contributed by atoms with Crippen molar-refractivity contribution in [3.8, 4) is 17.2 Å². The molecule has 0 amide bonds. The van der Waals surface area contributed by atoms with Crippen molar-refractivity contribution in [1.29, 1.82) is 0 Å². The SMILES string of the molecule is COc1ccc(CCNCc2cc(OC)c(OCc3ccc(F)cc3)cc2Br)cc1. The van der Waals surface area contributed by atoms with Crippen LogP contribution in [0.3, 0.4) is 0 Å². The van der Waals surface area contributed by atoms with Gasteiger partial charge in [-0.25, -0.2) is 4.39 Å². The maximum atomic E-state index is 13.0. The zero-order valence-corrected chi connectivity index (χ0v) is 18.7. The molecule has 3 aromatic rings. The molecular weight excluding hydrogens is 449 g/mol. The van der Waals surface area contributed by atoms with Gasteiger partial charge in [0.1, 0.15) is 18.2 Å². The molecule has 158 valence electrons. The summed E-state index contributed by atoms with van der Waals surface area (Å²) in [5.41, 5.74) is 3.22. The molecule has 0 aliphatic heterocycles. The molecule has 0 bridgehead atoms. The van der Waals surface area contributed by atoms with Gasteiger partial charge in [-0.05, 0) is 66.1 Å². The molecule has 0 saturated carbocycles. The van der Waals surface area contributed by atoms with E-state index in [1.807, 2.05) is 24.3 Å². The van der Waals surface area contributed by atoms with Crippen molar-refractivity contribution in [2.45, 2.75) is 19.6 Å². The minimum atomic E-state index is -0.261. The van der Waals surface area contributed by atoms with Crippen LogP contribution in [0.25, 0.3) is 0 Å². The van der Waals surface area contributed by atoms with Gasteiger partial charge in [0, 0.05) is 11.0 Å². The highest BCUT2D eigenvalue weighted by Crippen LogP contribution is 2.34. The number of rotatable bonds is 10. The van der Waals surface area contributed by atoms with Gasteiger partial charge in [-0.3, -0.25) is 0 Å². The van der Waals surface area contributed by atoms with Crippen molar-refractivity contribution in [3.05, 3.63) is 87.6 Å². The predicted octanol–water partition coefficient (Wildman–Crippen LogP) is 5.52. The number of benzene rings is 3. The maximum absolute atomic E-state index is 13.0. The van der Waals surface area contributed by atoms with E-state index in [1.165, 1.54) is 17.7 Å². The quantitative estimate of drug-likeness (QED) is 0.393. The van der Waals surface area contributed by atoms with Crippen molar-refractivity contribution >= 4 is 15.9 Å². The van der Waals surface area contributed by atoms with Crippen molar-refractivity contribution in [3.63, 3.8) is 0 Å². The van der Waals surface area contributed by atoms with Crippen LogP contribution in [0, 0.1) is 5.82 Å². The van der Waals surface area contributed by atoms with Crippen molar-refractivity contribution in [1.82, 2.24) is 5.32 Å². The van der Waals surface area contributed by atoms with Crippen LogP contribution >= 0.6 is 15.9 Å². The van der Waals surface area contributed by atoms with Gasteiger partial charge < -0.3 is 19.5 Å². The Balaban J connectivity index is 1.55. The molecule has 1 N–H and O–H groups in total. The van der Waals surface area contributed by atoms with E-state index in [9.17, 15) is 4.39 Å². The maximum Gasteiger partial charge on any atom is 0.162 e. The third-order valence-electron chi connectivity index (χ3n) is 4.71. The van der Waals surface area contributed by atoms with E-state index in [2.05, 4.69) is 33.4 Å². The van der Waals surface area contributed by atoms with Crippen LogP contribution in [-0.2, 0) is 19.6 Å². The number of methoxy groups -OCH3 is 2. The summed E-state index contributed by atoms with van der Waals surface area (Å²) < 4.78 is 30.6. The van der Waals surface area contributed by atoms with E-state index in [4.69, 9.17) is 14.2 Å². The van der Waals surface area contributed by atoms with E-state index in [1.54, 1.807) is 26.4 Å². The van der Waals surface area contributed by atoms with E-state index < -0.39 is 0 Å². The van der Waals surface area contributed by atoms with Gasteiger partial charge in [-0.2, -0.15) is 0 Å². The summed E-state index contributed by atoms with van der Waals surface area (Å²) >= 11 is 3.62. The molecule has 0 unspecified atom stereocenters. The summed E-state index contributed by atoms with van der Waals surface area (Å²) in [7, 11) is 3.29. The average molecular weight is 474 g/mol. The fraction of sp³-hybridized carbons (Fsp3) is 0.250. The van der Waals surface area contributed by atoms with Crippen LogP contribution in [0.1, 0.15) is 16.7 Å². The van der Waals surface area contributed by atoms with Crippen molar-refractivity contribution in [2.75, 3.05) is 20.8 Å². The lowest BCUT2D eigenvalue weighted by molar-refractivity contribution is 0.284. The summed E-state index contributed by atoms with van der Waals surface area (Å²) in [6.45, 7) is 1.89. The number of hydrogen-bond donors (Lipinski definition) is 1. The molecule has 4 nitrogen and oxygen atoms in total. The Morgan fingerprint density at radius 3 is 2.23 bits per heavy atom. The van der Waals surface area contributed by atoms with Gasteiger partial charge in [0.05, 0.1) is 14.2 Å². The number of ether oxygens (including phenoxy) is 3. The second-order valence-electron chi connectivity index (χ2n) is 6.78. The zero-order chi connectivity index (χ0) is 21.3. The highest BCUT2D eigenvalue weighted by atomic mass is 79.9. The average Bonchev–Trinajstić information content (AvgIpc) is 2.77. The normalized spacial score (nSPS) is 10.7. The lowest BCUT2D eigenvalue weighted by Crippen LogP contribution is -2.17. The minimum absolute atomic E-state index is 0.261. The van der Waals surface area contributed by atoms with E-state index >= 15 is 0 Å². The summed E-state index contributed by atoms with van der Waals surface area (Å²) in [5, 5.41) is 3.46. The van der Waals surface area contributed by atoms with Gasteiger partial charge in [-0.1, -0.05) is 40.2 Å². The first-order valence-corrected chi connectivity index (χ1v) is 10.5. The van der Waals surface area contributed by atoms with Crippen LogP contribution in [0.4, 0.5) is 4.39 Å². The molecule has 30 heavy (non-hydrogen) atoms.